The highest BCUT2D eigenvalue weighted by molar-refractivity contribution is 5.86. The second kappa shape index (κ2) is 8.52. The van der Waals surface area contributed by atoms with E-state index in [4.69, 9.17) is 9.72 Å². The molecule has 2 aromatic carbocycles. The van der Waals surface area contributed by atoms with Crippen LogP contribution in [0.4, 0.5) is 4.39 Å². The standard InChI is InChI=1S/C28H25FN4O/c29-28(16-5-2-6-17-28)19-34-24-11-7-10-21-12-14-23(30-26(21)24)27-32-31-25-15-13-22(18-33(25)27)20-8-3-1-4-9-20/h1,3-4,7-15,18H,2,5-6,16-17,19H2. The third-order valence-electron chi connectivity index (χ3n) is 6.66. The molecule has 0 radical (unpaired) electrons. The lowest BCUT2D eigenvalue weighted by molar-refractivity contribution is 0.0481. The number of alkyl halides is 1. The van der Waals surface area contributed by atoms with Crippen LogP contribution in [0, 0.1) is 0 Å². The predicted molar refractivity (Wildman–Crippen MR) is 132 cm³/mol. The average Bonchev–Trinajstić information content (AvgIpc) is 3.31. The van der Waals surface area contributed by atoms with Crippen LogP contribution in [0.25, 0.3) is 39.2 Å². The molecular formula is C28H25FN4O. The molecule has 6 rings (SSSR count). The molecule has 0 unspecified atom stereocenters. The normalized spacial score (nSPS) is 15.6. The van der Waals surface area contributed by atoms with Crippen molar-refractivity contribution < 1.29 is 9.13 Å². The van der Waals surface area contributed by atoms with Crippen molar-refractivity contribution in [1.82, 2.24) is 19.6 Å². The molecule has 34 heavy (non-hydrogen) atoms. The van der Waals surface area contributed by atoms with Gasteiger partial charge in [0.2, 0.25) is 0 Å². The van der Waals surface area contributed by atoms with Crippen molar-refractivity contribution in [2.75, 3.05) is 6.61 Å². The molecule has 1 fully saturated rings. The number of ether oxygens (including phenoxy) is 1. The van der Waals surface area contributed by atoms with Crippen LogP contribution in [0.15, 0.2) is 79.0 Å². The van der Waals surface area contributed by atoms with Gasteiger partial charge in [-0.15, -0.1) is 10.2 Å². The van der Waals surface area contributed by atoms with Crippen LogP contribution in [0.1, 0.15) is 32.1 Å². The Hall–Kier alpha value is -3.80. The smallest absolute Gasteiger partial charge is 0.187 e. The first-order valence-electron chi connectivity index (χ1n) is 11.8. The quantitative estimate of drug-likeness (QED) is 0.299. The first-order valence-corrected chi connectivity index (χ1v) is 11.8. The molecule has 0 amide bonds. The summed E-state index contributed by atoms with van der Waals surface area (Å²) in [4.78, 5) is 4.89. The molecule has 0 atom stereocenters. The van der Waals surface area contributed by atoms with Gasteiger partial charge in [0.15, 0.2) is 11.5 Å². The Morgan fingerprint density at radius 2 is 1.68 bits per heavy atom. The SMILES string of the molecule is FC1(COc2cccc3ccc(-c4nnc5ccc(-c6ccccc6)cn45)nc23)CCCCC1. The maximum Gasteiger partial charge on any atom is 0.187 e. The zero-order valence-electron chi connectivity index (χ0n) is 18.8. The minimum atomic E-state index is -1.25. The Morgan fingerprint density at radius 3 is 2.53 bits per heavy atom. The van der Waals surface area contributed by atoms with Gasteiger partial charge in [-0.3, -0.25) is 4.40 Å². The van der Waals surface area contributed by atoms with Gasteiger partial charge < -0.3 is 4.74 Å². The lowest BCUT2D eigenvalue weighted by atomic mass is 9.87. The van der Waals surface area contributed by atoms with E-state index in [2.05, 4.69) is 22.3 Å². The number of para-hydroxylation sites is 1. The number of hydrogen-bond acceptors (Lipinski definition) is 4. The van der Waals surface area contributed by atoms with Gasteiger partial charge >= 0.3 is 0 Å². The van der Waals surface area contributed by atoms with E-state index in [-0.39, 0.29) is 6.61 Å². The Morgan fingerprint density at radius 1 is 0.824 bits per heavy atom. The highest BCUT2D eigenvalue weighted by Crippen LogP contribution is 2.34. The van der Waals surface area contributed by atoms with Crippen molar-refractivity contribution in [2.45, 2.75) is 37.8 Å². The maximum absolute atomic E-state index is 15.1. The second-order valence-electron chi connectivity index (χ2n) is 9.06. The third kappa shape index (κ3) is 3.89. The number of benzene rings is 2. The van der Waals surface area contributed by atoms with Gasteiger partial charge in [0.05, 0.1) is 0 Å². The van der Waals surface area contributed by atoms with E-state index in [0.717, 1.165) is 41.4 Å². The molecule has 6 heteroatoms. The number of nitrogens with zero attached hydrogens (tertiary/aromatic N) is 4. The largest absolute Gasteiger partial charge is 0.488 e. The van der Waals surface area contributed by atoms with Crippen LogP contribution in [-0.4, -0.2) is 31.9 Å². The van der Waals surface area contributed by atoms with Crippen molar-refractivity contribution in [2.24, 2.45) is 0 Å². The predicted octanol–water partition coefficient (Wildman–Crippen LogP) is 6.66. The zero-order chi connectivity index (χ0) is 23.0. The van der Waals surface area contributed by atoms with Gasteiger partial charge in [0, 0.05) is 11.6 Å². The topological polar surface area (TPSA) is 52.3 Å². The van der Waals surface area contributed by atoms with Crippen molar-refractivity contribution in [3.8, 4) is 28.4 Å². The summed E-state index contributed by atoms with van der Waals surface area (Å²) in [6, 6.07) is 23.9. The van der Waals surface area contributed by atoms with Crippen LogP contribution in [-0.2, 0) is 0 Å². The Labute approximate surface area is 197 Å². The molecule has 170 valence electrons. The van der Waals surface area contributed by atoms with Crippen molar-refractivity contribution in [1.29, 1.82) is 0 Å². The molecule has 3 heterocycles. The lowest BCUT2D eigenvalue weighted by Crippen LogP contribution is -2.33. The third-order valence-corrected chi connectivity index (χ3v) is 6.66. The Bertz CT molecular complexity index is 1460. The minimum absolute atomic E-state index is 0.0618. The van der Waals surface area contributed by atoms with E-state index in [9.17, 15) is 0 Å². The van der Waals surface area contributed by atoms with Gasteiger partial charge in [0.25, 0.3) is 0 Å². The molecule has 0 N–H and O–H groups in total. The maximum atomic E-state index is 15.1. The fourth-order valence-electron chi connectivity index (χ4n) is 4.76. The molecule has 1 aliphatic carbocycles. The van der Waals surface area contributed by atoms with Crippen LogP contribution < -0.4 is 4.74 Å². The van der Waals surface area contributed by atoms with Gasteiger partial charge in [-0.05, 0) is 48.2 Å². The molecule has 0 aliphatic heterocycles. The van der Waals surface area contributed by atoms with Crippen LogP contribution >= 0.6 is 0 Å². The summed E-state index contributed by atoms with van der Waals surface area (Å²) in [5.74, 6) is 1.25. The summed E-state index contributed by atoms with van der Waals surface area (Å²) < 4.78 is 23.1. The molecule has 0 saturated heterocycles. The van der Waals surface area contributed by atoms with E-state index in [1.165, 1.54) is 0 Å². The molecule has 5 aromatic rings. The Balaban J connectivity index is 1.38. The summed E-state index contributed by atoms with van der Waals surface area (Å²) in [6.07, 6.45) is 6.09. The van der Waals surface area contributed by atoms with E-state index in [1.54, 1.807) is 0 Å². The van der Waals surface area contributed by atoms with E-state index >= 15 is 4.39 Å². The molecule has 5 nitrogen and oxygen atoms in total. The van der Waals surface area contributed by atoms with Gasteiger partial charge in [-0.2, -0.15) is 0 Å². The molecule has 1 saturated carbocycles. The van der Waals surface area contributed by atoms with Crippen LogP contribution in [0.5, 0.6) is 5.75 Å². The van der Waals surface area contributed by atoms with Crippen molar-refractivity contribution in [3.63, 3.8) is 0 Å². The number of halogens is 1. The van der Waals surface area contributed by atoms with E-state index in [0.29, 0.717) is 35.6 Å². The first kappa shape index (κ1) is 20.8. The summed E-state index contributed by atoms with van der Waals surface area (Å²) in [6.45, 7) is 0.0618. The molecule has 1 aliphatic rings. The van der Waals surface area contributed by atoms with Crippen molar-refractivity contribution >= 4 is 16.6 Å². The first-order chi connectivity index (χ1) is 16.7. The number of pyridine rings is 2. The lowest BCUT2D eigenvalue weighted by Gasteiger charge is -2.29. The average molecular weight is 453 g/mol. The minimum Gasteiger partial charge on any atom is -0.488 e. The van der Waals surface area contributed by atoms with E-state index in [1.807, 2.05) is 71.3 Å². The number of rotatable bonds is 5. The molecule has 3 aromatic heterocycles. The fourth-order valence-corrected chi connectivity index (χ4v) is 4.76. The molecule has 0 bridgehead atoms. The van der Waals surface area contributed by atoms with Gasteiger partial charge in [0.1, 0.15) is 29.2 Å². The van der Waals surface area contributed by atoms with Gasteiger partial charge in [-0.25, -0.2) is 9.37 Å². The van der Waals surface area contributed by atoms with Crippen molar-refractivity contribution in [3.05, 3.63) is 79.0 Å². The summed E-state index contributed by atoms with van der Waals surface area (Å²) in [5.41, 5.74) is 3.07. The highest BCUT2D eigenvalue weighted by atomic mass is 19.1. The van der Waals surface area contributed by atoms with Crippen LogP contribution in [0.2, 0.25) is 0 Å². The summed E-state index contributed by atoms with van der Waals surface area (Å²) in [7, 11) is 0. The number of aromatic nitrogens is 4. The monoisotopic (exact) mass is 452 g/mol. The summed E-state index contributed by atoms with van der Waals surface area (Å²) in [5, 5.41) is 9.69. The van der Waals surface area contributed by atoms with Crippen LogP contribution in [0.3, 0.4) is 0 Å². The van der Waals surface area contributed by atoms with Gasteiger partial charge in [-0.1, -0.05) is 67.8 Å². The highest BCUT2D eigenvalue weighted by Gasteiger charge is 2.32. The second-order valence-corrected chi connectivity index (χ2v) is 9.06. The zero-order valence-corrected chi connectivity index (χ0v) is 18.8. The number of fused-ring (bicyclic) bond motifs is 2. The van der Waals surface area contributed by atoms with E-state index < -0.39 is 5.67 Å². The fraction of sp³-hybridized carbons (Fsp3) is 0.250. The molecular weight excluding hydrogens is 427 g/mol. The Kier molecular flexibility index (Phi) is 5.21. The molecule has 0 spiro atoms. The number of hydrogen-bond donors (Lipinski definition) is 0. The summed E-state index contributed by atoms with van der Waals surface area (Å²) >= 11 is 0.